The van der Waals surface area contributed by atoms with E-state index in [1.54, 1.807) is 0 Å². The van der Waals surface area contributed by atoms with Crippen molar-refractivity contribution in [3.05, 3.63) is 188 Å². The Morgan fingerprint density at radius 1 is 0.321 bits per heavy atom. The molecule has 0 aliphatic carbocycles. The van der Waals surface area contributed by atoms with Gasteiger partial charge in [-0.2, -0.15) is 0 Å². The van der Waals surface area contributed by atoms with Gasteiger partial charge in [0.1, 0.15) is 11.2 Å². The Hall–Kier alpha value is -7.21. The van der Waals surface area contributed by atoms with E-state index in [0.29, 0.717) is 17.5 Å². The van der Waals surface area contributed by atoms with E-state index in [1.165, 1.54) is 31.3 Å². The summed E-state index contributed by atoms with van der Waals surface area (Å²) >= 11 is 1.84. The van der Waals surface area contributed by atoms with Crippen LogP contribution in [0, 0.1) is 0 Å². The van der Waals surface area contributed by atoms with Crippen LogP contribution in [0.2, 0.25) is 0 Å². The Labute approximate surface area is 327 Å². The van der Waals surface area contributed by atoms with E-state index in [-0.39, 0.29) is 0 Å². The summed E-state index contributed by atoms with van der Waals surface area (Å²) in [5.41, 5.74) is 11.0. The molecule has 0 unspecified atom stereocenters. The highest BCUT2D eigenvalue weighted by molar-refractivity contribution is 7.25. The number of fused-ring (bicyclic) bond motifs is 6. The molecule has 0 radical (unpaired) electrons. The molecular formula is C51H31N3OS. The predicted molar refractivity (Wildman–Crippen MR) is 233 cm³/mol. The average molecular weight is 734 g/mol. The molecule has 0 fully saturated rings. The molecule has 0 spiro atoms. The number of hydrogen-bond donors (Lipinski definition) is 0. The Kier molecular flexibility index (Phi) is 7.64. The summed E-state index contributed by atoms with van der Waals surface area (Å²) in [6, 6.07) is 65.8. The van der Waals surface area contributed by atoms with Crippen LogP contribution in [0.1, 0.15) is 0 Å². The van der Waals surface area contributed by atoms with Gasteiger partial charge in [-0.05, 0) is 69.8 Å². The zero-order chi connectivity index (χ0) is 37.0. The SMILES string of the molecule is c1ccc(-c2ccc(-c3nc(-c4ccccc4)nc(-c4cc(-c5ccc(-c6ccc7sc8ccccc8c7c6)cc5)cc5c4oc4ccccc45)n3)cc2)cc1. The second-order valence-corrected chi connectivity index (χ2v) is 15.1. The second kappa shape index (κ2) is 13.3. The molecule has 4 nitrogen and oxygen atoms in total. The Morgan fingerprint density at radius 2 is 0.804 bits per heavy atom. The first-order valence-corrected chi connectivity index (χ1v) is 19.5. The molecule has 5 heteroatoms. The molecule has 11 aromatic rings. The number of hydrogen-bond acceptors (Lipinski definition) is 5. The van der Waals surface area contributed by atoms with Gasteiger partial charge in [0.25, 0.3) is 0 Å². The molecule has 11 rings (SSSR count). The van der Waals surface area contributed by atoms with E-state index >= 15 is 0 Å². The minimum absolute atomic E-state index is 0.555. The van der Waals surface area contributed by atoms with Crippen LogP contribution in [0.15, 0.2) is 192 Å². The standard InChI is InChI=1S/C51H31N3OS/c1-3-11-32(12-4-1)33-23-25-37(26-24-33)50-52-49(36-13-5-2-6-14-36)53-51(54-50)44-31-39(30-43-40-15-7-9-17-45(40)55-48(43)44)35-21-19-34(20-22-35)38-27-28-47-42(29-38)41-16-8-10-18-46(41)56-47/h1-31H. The first-order valence-electron chi connectivity index (χ1n) is 18.7. The minimum atomic E-state index is 0.555. The van der Waals surface area contributed by atoms with Crippen molar-refractivity contribution in [3.63, 3.8) is 0 Å². The maximum atomic E-state index is 6.62. The van der Waals surface area contributed by atoms with Crippen LogP contribution in [0.25, 0.3) is 110 Å². The number of rotatable bonds is 6. The van der Waals surface area contributed by atoms with Crippen LogP contribution in [-0.4, -0.2) is 15.0 Å². The van der Waals surface area contributed by atoms with Crippen molar-refractivity contribution in [2.45, 2.75) is 0 Å². The molecular weight excluding hydrogens is 703 g/mol. The smallest absolute Gasteiger partial charge is 0.167 e. The lowest BCUT2D eigenvalue weighted by Gasteiger charge is -2.11. The summed E-state index contributed by atoms with van der Waals surface area (Å²) in [5.74, 6) is 1.76. The van der Waals surface area contributed by atoms with Crippen molar-refractivity contribution in [3.8, 4) is 67.5 Å². The fourth-order valence-corrected chi connectivity index (χ4v) is 8.79. The van der Waals surface area contributed by atoms with Crippen LogP contribution in [-0.2, 0) is 0 Å². The molecule has 0 atom stereocenters. The van der Waals surface area contributed by atoms with Gasteiger partial charge in [0.15, 0.2) is 17.5 Å². The van der Waals surface area contributed by atoms with E-state index in [4.69, 9.17) is 19.4 Å². The van der Waals surface area contributed by atoms with E-state index in [0.717, 1.165) is 60.9 Å². The molecule has 0 saturated heterocycles. The Balaban J connectivity index is 1.05. The van der Waals surface area contributed by atoms with Gasteiger partial charge in [-0.25, -0.2) is 15.0 Å². The lowest BCUT2D eigenvalue weighted by molar-refractivity contribution is 0.669. The average Bonchev–Trinajstić information content (AvgIpc) is 3.85. The molecule has 3 aromatic heterocycles. The molecule has 0 amide bonds. The van der Waals surface area contributed by atoms with Gasteiger partial charge in [-0.15, -0.1) is 11.3 Å². The van der Waals surface area contributed by atoms with Gasteiger partial charge in [-0.3, -0.25) is 0 Å². The van der Waals surface area contributed by atoms with Crippen molar-refractivity contribution in [1.82, 2.24) is 15.0 Å². The van der Waals surface area contributed by atoms with Gasteiger partial charge in [-0.1, -0.05) is 152 Å². The summed E-state index contributed by atoms with van der Waals surface area (Å²) in [5, 5.41) is 4.67. The van der Waals surface area contributed by atoms with Gasteiger partial charge in [0.2, 0.25) is 0 Å². The fraction of sp³-hybridized carbons (Fsp3) is 0. The van der Waals surface area contributed by atoms with Gasteiger partial charge >= 0.3 is 0 Å². The summed E-state index contributed by atoms with van der Waals surface area (Å²) < 4.78 is 9.24. The van der Waals surface area contributed by atoms with E-state index in [2.05, 4.69) is 140 Å². The maximum Gasteiger partial charge on any atom is 0.167 e. The quantitative estimate of drug-likeness (QED) is 0.171. The highest BCUT2D eigenvalue weighted by atomic mass is 32.1. The molecule has 0 N–H and O–H groups in total. The third kappa shape index (κ3) is 5.65. The zero-order valence-corrected chi connectivity index (χ0v) is 30.9. The normalized spacial score (nSPS) is 11.6. The molecule has 262 valence electrons. The number of aromatic nitrogens is 3. The first kappa shape index (κ1) is 32.2. The van der Waals surface area contributed by atoms with Crippen molar-refractivity contribution in [2.24, 2.45) is 0 Å². The number of benzene rings is 8. The summed E-state index contributed by atoms with van der Waals surface area (Å²) in [6.45, 7) is 0. The van der Waals surface area contributed by atoms with Crippen LogP contribution in [0.3, 0.4) is 0 Å². The van der Waals surface area contributed by atoms with Gasteiger partial charge in [0, 0.05) is 42.1 Å². The number of furan rings is 1. The summed E-state index contributed by atoms with van der Waals surface area (Å²) in [4.78, 5) is 15.3. The number of thiophene rings is 1. The third-order valence-corrected chi connectivity index (χ3v) is 11.7. The number of para-hydroxylation sites is 1. The van der Waals surface area contributed by atoms with E-state index in [9.17, 15) is 0 Å². The molecule has 0 aliphatic rings. The topological polar surface area (TPSA) is 51.8 Å². The van der Waals surface area contributed by atoms with Crippen LogP contribution >= 0.6 is 11.3 Å². The van der Waals surface area contributed by atoms with Crippen LogP contribution < -0.4 is 0 Å². The molecule has 3 heterocycles. The fourth-order valence-electron chi connectivity index (χ4n) is 7.70. The number of nitrogens with zero attached hydrogens (tertiary/aromatic N) is 3. The van der Waals surface area contributed by atoms with Crippen molar-refractivity contribution < 1.29 is 4.42 Å². The van der Waals surface area contributed by atoms with Gasteiger partial charge in [0.05, 0.1) is 5.56 Å². The second-order valence-electron chi connectivity index (χ2n) is 14.0. The molecule has 56 heavy (non-hydrogen) atoms. The highest BCUT2D eigenvalue weighted by Crippen LogP contribution is 2.41. The largest absolute Gasteiger partial charge is 0.455 e. The third-order valence-electron chi connectivity index (χ3n) is 10.6. The van der Waals surface area contributed by atoms with E-state index < -0.39 is 0 Å². The van der Waals surface area contributed by atoms with Crippen molar-refractivity contribution >= 4 is 53.4 Å². The monoisotopic (exact) mass is 733 g/mol. The Bertz CT molecular complexity index is 3220. The van der Waals surface area contributed by atoms with Crippen LogP contribution in [0.4, 0.5) is 0 Å². The van der Waals surface area contributed by atoms with Crippen molar-refractivity contribution in [2.75, 3.05) is 0 Å². The molecule has 0 aliphatic heterocycles. The molecule has 8 aromatic carbocycles. The first-order chi connectivity index (χ1) is 27.7. The highest BCUT2D eigenvalue weighted by Gasteiger charge is 2.20. The lowest BCUT2D eigenvalue weighted by Crippen LogP contribution is -2.00. The van der Waals surface area contributed by atoms with E-state index in [1.807, 2.05) is 59.9 Å². The van der Waals surface area contributed by atoms with Crippen LogP contribution in [0.5, 0.6) is 0 Å². The minimum Gasteiger partial charge on any atom is -0.455 e. The Morgan fingerprint density at radius 3 is 1.54 bits per heavy atom. The lowest BCUT2D eigenvalue weighted by atomic mass is 9.96. The van der Waals surface area contributed by atoms with Gasteiger partial charge < -0.3 is 4.42 Å². The molecule has 0 saturated carbocycles. The summed E-state index contributed by atoms with van der Waals surface area (Å²) in [7, 11) is 0. The summed E-state index contributed by atoms with van der Waals surface area (Å²) in [6.07, 6.45) is 0. The maximum absolute atomic E-state index is 6.62. The zero-order valence-electron chi connectivity index (χ0n) is 30.1. The molecule has 0 bridgehead atoms. The van der Waals surface area contributed by atoms with Crippen molar-refractivity contribution in [1.29, 1.82) is 0 Å². The predicted octanol–water partition coefficient (Wildman–Crippen LogP) is 14.1.